The minimum absolute atomic E-state index is 0.107. The predicted molar refractivity (Wildman–Crippen MR) is 68.3 cm³/mol. The Kier molecular flexibility index (Phi) is 5.17. The fraction of sp³-hybridized carbons (Fsp3) is 0.385. The Labute approximate surface area is 111 Å². The van der Waals surface area contributed by atoms with E-state index < -0.39 is 5.97 Å². The first-order valence-electron chi connectivity index (χ1n) is 5.69. The summed E-state index contributed by atoms with van der Waals surface area (Å²) in [7, 11) is 4.31. The lowest BCUT2D eigenvalue weighted by molar-refractivity contribution is -0.140. The molecule has 0 unspecified atom stereocenters. The largest absolute Gasteiger partial charge is 0.507 e. The molecular weight excluding hydrogens is 250 g/mol. The van der Waals surface area contributed by atoms with Crippen LogP contribution in [0.1, 0.15) is 16.8 Å². The van der Waals surface area contributed by atoms with E-state index in [1.165, 1.54) is 31.3 Å². The maximum Gasteiger partial charge on any atom is 0.307 e. The fourth-order valence-electron chi connectivity index (χ4n) is 1.49. The van der Waals surface area contributed by atoms with Crippen LogP contribution < -0.4 is 4.74 Å². The summed E-state index contributed by atoms with van der Waals surface area (Å²) in [6.45, 7) is 0.219. The molecule has 0 atom stereocenters. The molecule has 0 aliphatic rings. The van der Waals surface area contributed by atoms with Gasteiger partial charge in [0.15, 0.2) is 0 Å². The van der Waals surface area contributed by atoms with Gasteiger partial charge in [0.05, 0.1) is 26.2 Å². The number of phenolic OH excluding ortho intramolecular Hbond substituents is 1. The summed E-state index contributed by atoms with van der Waals surface area (Å²) < 4.78 is 9.43. The maximum absolute atomic E-state index is 12.0. The van der Waals surface area contributed by atoms with Gasteiger partial charge in [0.2, 0.25) is 0 Å². The van der Waals surface area contributed by atoms with Crippen LogP contribution in [0.4, 0.5) is 0 Å². The van der Waals surface area contributed by atoms with E-state index in [2.05, 4.69) is 4.74 Å². The molecule has 104 valence electrons. The summed E-state index contributed by atoms with van der Waals surface area (Å²) >= 11 is 0. The van der Waals surface area contributed by atoms with Crippen LogP contribution in [0.15, 0.2) is 18.2 Å². The maximum atomic E-state index is 12.0. The number of hydrogen-bond acceptors (Lipinski definition) is 5. The molecule has 6 nitrogen and oxygen atoms in total. The Balaban J connectivity index is 2.74. The van der Waals surface area contributed by atoms with Gasteiger partial charge in [-0.3, -0.25) is 9.59 Å². The van der Waals surface area contributed by atoms with Crippen LogP contribution >= 0.6 is 0 Å². The highest BCUT2D eigenvalue weighted by atomic mass is 16.5. The molecule has 0 aliphatic carbocycles. The second-order valence-electron chi connectivity index (χ2n) is 3.94. The molecule has 1 N–H and O–H groups in total. The van der Waals surface area contributed by atoms with Crippen molar-refractivity contribution in [3.63, 3.8) is 0 Å². The number of methoxy groups -OCH3 is 2. The normalized spacial score (nSPS) is 9.84. The number of carbonyl (C=O) groups is 2. The van der Waals surface area contributed by atoms with E-state index in [9.17, 15) is 14.7 Å². The van der Waals surface area contributed by atoms with E-state index >= 15 is 0 Å². The molecule has 0 heterocycles. The Morgan fingerprint density at radius 2 is 2.00 bits per heavy atom. The molecular formula is C13H17NO5. The number of benzene rings is 1. The highest BCUT2D eigenvalue weighted by Gasteiger charge is 2.17. The highest BCUT2D eigenvalue weighted by Crippen LogP contribution is 2.24. The van der Waals surface area contributed by atoms with E-state index in [1.54, 1.807) is 13.1 Å². The fourth-order valence-corrected chi connectivity index (χ4v) is 1.49. The minimum Gasteiger partial charge on any atom is -0.507 e. The van der Waals surface area contributed by atoms with Crippen molar-refractivity contribution in [1.29, 1.82) is 0 Å². The summed E-state index contributed by atoms with van der Waals surface area (Å²) in [6.07, 6.45) is 0.107. The monoisotopic (exact) mass is 267 g/mol. The van der Waals surface area contributed by atoms with Crippen molar-refractivity contribution in [3.05, 3.63) is 23.8 Å². The summed E-state index contributed by atoms with van der Waals surface area (Å²) in [5.74, 6) is -0.455. The number of nitrogens with zero attached hydrogens (tertiary/aromatic N) is 1. The Morgan fingerprint density at radius 1 is 1.32 bits per heavy atom. The van der Waals surface area contributed by atoms with Gasteiger partial charge in [-0.25, -0.2) is 0 Å². The average Bonchev–Trinajstić information content (AvgIpc) is 2.43. The number of aromatic hydroxyl groups is 1. The second-order valence-corrected chi connectivity index (χ2v) is 3.94. The van der Waals surface area contributed by atoms with Crippen LogP contribution in [0.3, 0.4) is 0 Å². The van der Waals surface area contributed by atoms with Crippen LogP contribution in [0.25, 0.3) is 0 Å². The van der Waals surface area contributed by atoms with Gasteiger partial charge in [-0.15, -0.1) is 0 Å². The third-order valence-corrected chi connectivity index (χ3v) is 2.66. The zero-order valence-corrected chi connectivity index (χ0v) is 11.2. The van der Waals surface area contributed by atoms with Crippen molar-refractivity contribution in [2.45, 2.75) is 6.42 Å². The third kappa shape index (κ3) is 3.87. The van der Waals surface area contributed by atoms with E-state index in [4.69, 9.17) is 4.74 Å². The van der Waals surface area contributed by atoms with E-state index in [1.807, 2.05) is 0 Å². The van der Waals surface area contributed by atoms with Crippen LogP contribution in [-0.2, 0) is 9.53 Å². The van der Waals surface area contributed by atoms with Crippen LogP contribution in [0, 0.1) is 0 Å². The first kappa shape index (κ1) is 14.8. The number of phenols is 1. The van der Waals surface area contributed by atoms with Crippen LogP contribution in [0.5, 0.6) is 11.5 Å². The number of rotatable bonds is 5. The lowest BCUT2D eigenvalue weighted by atomic mass is 10.1. The van der Waals surface area contributed by atoms with Crippen molar-refractivity contribution in [1.82, 2.24) is 4.90 Å². The summed E-state index contributed by atoms with van der Waals surface area (Å²) in [6, 6.07) is 4.42. The number of amides is 1. The van der Waals surface area contributed by atoms with Crippen LogP contribution in [0.2, 0.25) is 0 Å². The molecule has 0 aliphatic heterocycles. The Bertz CT molecular complexity index is 472. The first-order valence-corrected chi connectivity index (χ1v) is 5.69. The third-order valence-electron chi connectivity index (χ3n) is 2.66. The van der Waals surface area contributed by atoms with E-state index in [-0.39, 0.29) is 30.2 Å². The van der Waals surface area contributed by atoms with E-state index in [0.29, 0.717) is 5.75 Å². The number of ether oxygens (including phenoxy) is 2. The van der Waals surface area contributed by atoms with Gasteiger partial charge in [0.25, 0.3) is 5.91 Å². The number of carbonyl (C=O) groups excluding carboxylic acids is 2. The van der Waals surface area contributed by atoms with Crippen molar-refractivity contribution in [3.8, 4) is 11.5 Å². The van der Waals surface area contributed by atoms with Gasteiger partial charge < -0.3 is 19.5 Å². The smallest absolute Gasteiger partial charge is 0.307 e. The highest BCUT2D eigenvalue weighted by molar-refractivity contribution is 5.97. The first-order chi connectivity index (χ1) is 8.99. The zero-order chi connectivity index (χ0) is 14.4. The molecule has 6 heteroatoms. The Hall–Kier alpha value is -2.24. The Morgan fingerprint density at radius 3 is 2.53 bits per heavy atom. The quantitative estimate of drug-likeness (QED) is 0.806. The molecule has 1 rings (SSSR count). The summed E-state index contributed by atoms with van der Waals surface area (Å²) in [5, 5.41) is 9.75. The molecule has 1 aromatic carbocycles. The lowest BCUT2D eigenvalue weighted by Gasteiger charge is -2.17. The van der Waals surface area contributed by atoms with Gasteiger partial charge in [0, 0.05) is 19.7 Å². The zero-order valence-electron chi connectivity index (χ0n) is 11.2. The number of esters is 1. The molecule has 0 bridgehead atoms. The average molecular weight is 267 g/mol. The molecule has 1 aromatic rings. The van der Waals surface area contributed by atoms with Crippen molar-refractivity contribution < 1.29 is 24.2 Å². The molecule has 0 radical (unpaired) electrons. The van der Waals surface area contributed by atoms with Gasteiger partial charge in [-0.1, -0.05) is 0 Å². The molecule has 1 amide bonds. The molecule has 0 spiro atoms. The van der Waals surface area contributed by atoms with Crippen molar-refractivity contribution in [2.75, 3.05) is 27.8 Å². The number of hydrogen-bond donors (Lipinski definition) is 1. The van der Waals surface area contributed by atoms with E-state index in [0.717, 1.165) is 0 Å². The minimum atomic E-state index is -0.390. The predicted octanol–water partition coefficient (Wildman–Crippen LogP) is 1.04. The molecule has 0 fully saturated rings. The lowest BCUT2D eigenvalue weighted by Crippen LogP contribution is -2.29. The van der Waals surface area contributed by atoms with Crippen molar-refractivity contribution in [2.24, 2.45) is 0 Å². The molecule has 0 saturated carbocycles. The standard InChI is InChI=1S/C13H17NO5/c1-14(7-6-12(16)19-3)13(17)10-5-4-9(18-2)8-11(10)15/h4-5,8,15H,6-7H2,1-3H3. The van der Waals surface area contributed by atoms with Crippen molar-refractivity contribution >= 4 is 11.9 Å². The van der Waals surface area contributed by atoms with Gasteiger partial charge in [-0.05, 0) is 12.1 Å². The summed E-state index contributed by atoms with van der Waals surface area (Å²) in [5.41, 5.74) is 0.160. The SMILES string of the molecule is COC(=O)CCN(C)C(=O)c1ccc(OC)cc1O. The van der Waals surface area contributed by atoms with Gasteiger partial charge in [0.1, 0.15) is 11.5 Å². The van der Waals surface area contributed by atoms with Crippen LogP contribution in [-0.4, -0.2) is 49.7 Å². The molecule has 0 saturated heterocycles. The van der Waals surface area contributed by atoms with Gasteiger partial charge in [-0.2, -0.15) is 0 Å². The van der Waals surface area contributed by atoms with Gasteiger partial charge >= 0.3 is 5.97 Å². The topological polar surface area (TPSA) is 76.1 Å². The summed E-state index contributed by atoms with van der Waals surface area (Å²) in [4.78, 5) is 24.4. The molecule has 19 heavy (non-hydrogen) atoms. The second kappa shape index (κ2) is 6.63. The molecule has 0 aromatic heterocycles.